The minimum absolute atomic E-state index is 0.0176. The molecule has 0 unspecified atom stereocenters. The summed E-state index contributed by atoms with van der Waals surface area (Å²) >= 11 is 1.13. The molecule has 1 aromatic carbocycles. The van der Waals surface area contributed by atoms with Crippen molar-refractivity contribution in [3.63, 3.8) is 0 Å². The third kappa shape index (κ3) is 15.3. The van der Waals surface area contributed by atoms with E-state index in [2.05, 4.69) is 102 Å². The molecule has 0 saturated carbocycles. The molecule has 346 valence electrons. The molecule has 2 heterocycles. The summed E-state index contributed by atoms with van der Waals surface area (Å²) in [5.74, 6) is 0.275. The van der Waals surface area contributed by atoms with Crippen LogP contribution < -0.4 is 10.4 Å². The highest BCUT2D eigenvalue weighted by molar-refractivity contribution is 7.99. The maximum atomic E-state index is 13.4. The summed E-state index contributed by atoms with van der Waals surface area (Å²) in [7, 11) is -6.41. The number of fused-ring (bicyclic) bond motifs is 1. The Labute approximate surface area is 368 Å². The van der Waals surface area contributed by atoms with Crippen molar-refractivity contribution in [2.24, 2.45) is 0 Å². The van der Waals surface area contributed by atoms with E-state index in [4.69, 9.17) is 50.9 Å². The predicted octanol–water partition coefficient (Wildman–Crippen LogP) is 10.2. The summed E-state index contributed by atoms with van der Waals surface area (Å²) in [5, 5.41) is 0.520. The first-order chi connectivity index (χ1) is 27.9. The number of ether oxygens (including phenoxy) is 7. The van der Waals surface area contributed by atoms with E-state index in [0.717, 1.165) is 11.8 Å². The van der Waals surface area contributed by atoms with Gasteiger partial charge in [-0.2, -0.15) is 0 Å². The van der Waals surface area contributed by atoms with E-state index in [1.165, 1.54) is 12.1 Å². The van der Waals surface area contributed by atoms with Crippen LogP contribution in [-0.2, 0) is 41.7 Å². The highest BCUT2D eigenvalue weighted by Crippen LogP contribution is 2.39. The Morgan fingerprint density at radius 1 is 0.639 bits per heavy atom. The molecule has 0 amide bonds. The van der Waals surface area contributed by atoms with Gasteiger partial charge in [-0.1, -0.05) is 62.3 Å². The predicted molar refractivity (Wildman–Crippen MR) is 242 cm³/mol. The number of hydrogen-bond donors (Lipinski definition) is 0. The van der Waals surface area contributed by atoms with E-state index in [0.29, 0.717) is 10.9 Å². The standard InChI is InChI=1S/C42H70O15SSi3/c1-28-25-33(43)54-31-26-29(17-18-30(28)31)53-36-35(57-39(46)49-21-24-52-61(15,16)42(8,9)10)34(56-38(45)48-20-23-51-60(13,14)41(5,6)7)32(27-58-36)55-37(44)47-19-22-50-59(11,12)40(2,3)4/h17-18,25-26,32,34-36H,19-24,27H2,1-16H3/t32-,34+,35-,36-/m1/s1. The monoisotopic (exact) mass is 930 g/mol. The van der Waals surface area contributed by atoms with Crippen LogP contribution in [0.3, 0.4) is 0 Å². The fourth-order valence-corrected chi connectivity index (χ4v) is 9.39. The van der Waals surface area contributed by atoms with Crippen molar-refractivity contribution in [2.75, 3.05) is 45.4 Å². The van der Waals surface area contributed by atoms with Crippen molar-refractivity contribution in [3.8, 4) is 5.75 Å². The van der Waals surface area contributed by atoms with Gasteiger partial charge in [-0.25, -0.2) is 19.2 Å². The average molecular weight is 931 g/mol. The molecule has 0 bridgehead atoms. The van der Waals surface area contributed by atoms with Crippen molar-refractivity contribution in [3.05, 3.63) is 40.2 Å². The van der Waals surface area contributed by atoms with Gasteiger partial charge in [0.05, 0.1) is 19.8 Å². The molecule has 1 aliphatic heterocycles. The first-order valence-corrected chi connectivity index (χ1v) is 30.5. The Balaban J connectivity index is 1.89. The van der Waals surface area contributed by atoms with Gasteiger partial charge in [0.1, 0.15) is 31.2 Å². The van der Waals surface area contributed by atoms with E-state index in [9.17, 15) is 19.2 Å². The molecule has 19 heteroatoms. The minimum Gasteiger partial charge on any atom is -0.476 e. The summed E-state index contributed by atoms with van der Waals surface area (Å²) in [6, 6.07) is 6.33. The van der Waals surface area contributed by atoms with E-state index in [-0.39, 0.29) is 71.8 Å². The van der Waals surface area contributed by atoms with Gasteiger partial charge in [0.15, 0.2) is 48.7 Å². The molecular formula is C42H70O15SSi3. The van der Waals surface area contributed by atoms with Gasteiger partial charge in [0, 0.05) is 23.3 Å². The molecular weight excluding hydrogens is 861 g/mol. The van der Waals surface area contributed by atoms with Gasteiger partial charge >= 0.3 is 24.1 Å². The lowest BCUT2D eigenvalue weighted by Gasteiger charge is -2.39. The van der Waals surface area contributed by atoms with Crippen LogP contribution in [0.1, 0.15) is 67.9 Å². The molecule has 0 spiro atoms. The normalized spacial score (nSPS) is 19.2. The van der Waals surface area contributed by atoms with E-state index < -0.39 is 72.8 Å². The Kier molecular flexibility index (Phi) is 18.1. The van der Waals surface area contributed by atoms with Crippen molar-refractivity contribution in [1.82, 2.24) is 0 Å². The van der Waals surface area contributed by atoms with E-state index >= 15 is 0 Å². The van der Waals surface area contributed by atoms with Crippen LogP contribution in [0.4, 0.5) is 14.4 Å². The zero-order valence-corrected chi connectivity index (χ0v) is 42.9. The second-order valence-corrected chi connectivity index (χ2v) is 35.2. The Morgan fingerprint density at radius 3 is 1.51 bits per heavy atom. The molecule has 15 nitrogen and oxygen atoms in total. The zero-order chi connectivity index (χ0) is 46.2. The summed E-state index contributed by atoms with van der Waals surface area (Å²) < 4.78 is 64.0. The third-order valence-corrected chi connectivity index (χ3v) is 26.8. The van der Waals surface area contributed by atoms with E-state index in [1.54, 1.807) is 19.1 Å². The van der Waals surface area contributed by atoms with Crippen LogP contribution in [0.25, 0.3) is 11.0 Å². The van der Waals surface area contributed by atoms with Crippen LogP contribution in [0.2, 0.25) is 54.4 Å². The molecule has 0 N–H and O–H groups in total. The fraction of sp³-hybridized carbons (Fsp3) is 0.714. The number of aryl methyl sites for hydroxylation is 1. The van der Waals surface area contributed by atoms with Crippen LogP contribution in [0.15, 0.2) is 33.5 Å². The fourth-order valence-electron chi connectivity index (χ4n) is 5.09. The number of carbonyl (C=O) groups is 3. The maximum Gasteiger partial charge on any atom is 0.508 e. The van der Waals surface area contributed by atoms with Gasteiger partial charge in [-0.15, -0.1) is 11.8 Å². The number of carbonyl (C=O) groups excluding carboxylic acids is 3. The molecule has 3 rings (SSSR count). The molecule has 4 atom stereocenters. The number of hydrogen-bond acceptors (Lipinski definition) is 16. The Bertz CT molecular complexity index is 1850. The molecule has 1 fully saturated rings. The number of rotatable bonds is 17. The second-order valence-electron chi connectivity index (χ2n) is 19.7. The second kappa shape index (κ2) is 21.1. The summed E-state index contributed by atoms with van der Waals surface area (Å²) in [4.78, 5) is 52.2. The SMILES string of the molecule is Cc1cc(=O)oc2cc(O[C@@H]3SC[C@@H](OC(=O)OCCO[Si](C)(C)C(C)(C)C)[C@H](OC(=O)OCCO[Si](C)(C)C(C)(C)C)[C@H]3OC(=O)OCCO[Si](C)(C)C(C)(C)C)ccc12. The molecule has 1 saturated heterocycles. The van der Waals surface area contributed by atoms with Gasteiger partial charge in [-0.3, -0.25) is 0 Å². The molecule has 2 aromatic rings. The zero-order valence-electron chi connectivity index (χ0n) is 39.1. The van der Waals surface area contributed by atoms with Crippen LogP contribution in [0.5, 0.6) is 5.75 Å². The van der Waals surface area contributed by atoms with Crippen molar-refractivity contribution in [2.45, 2.75) is 147 Å². The summed E-state index contributed by atoms with van der Waals surface area (Å²) in [6.45, 7) is 33.3. The molecule has 0 radical (unpaired) electrons. The lowest BCUT2D eigenvalue weighted by molar-refractivity contribution is -0.121. The Morgan fingerprint density at radius 2 is 1.07 bits per heavy atom. The van der Waals surface area contributed by atoms with E-state index in [1.807, 2.05) is 0 Å². The first kappa shape index (κ1) is 52.3. The average Bonchev–Trinajstić information content (AvgIpc) is 3.11. The molecule has 1 aromatic heterocycles. The summed E-state index contributed by atoms with van der Waals surface area (Å²) in [5.41, 5.74) is -0.597. The van der Waals surface area contributed by atoms with Crippen LogP contribution in [-0.4, -0.2) is 113 Å². The van der Waals surface area contributed by atoms with Crippen molar-refractivity contribution >= 4 is 66.1 Å². The largest absolute Gasteiger partial charge is 0.508 e. The third-order valence-electron chi connectivity index (χ3n) is 12.0. The highest BCUT2D eigenvalue weighted by atomic mass is 32.2. The quantitative estimate of drug-likeness (QED) is 0.0481. The number of benzene rings is 1. The smallest absolute Gasteiger partial charge is 0.476 e. The van der Waals surface area contributed by atoms with Crippen molar-refractivity contribution in [1.29, 1.82) is 0 Å². The van der Waals surface area contributed by atoms with Crippen LogP contribution >= 0.6 is 11.8 Å². The van der Waals surface area contributed by atoms with Gasteiger partial charge < -0.3 is 50.9 Å². The van der Waals surface area contributed by atoms with Crippen LogP contribution in [0, 0.1) is 6.92 Å². The van der Waals surface area contributed by atoms with Crippen molar-refractivity contribution < 1.29 is 65.2 Å². The summed E-state index contributed by atoms with van der Waals surface area (Å²) in [6.07, 6.45) is -7.36. The molecule has 61 heavy (non-hydrogen) atoms. The lowest BCUT2D eigenvalue weighted by atomic mass is 10.1. The molecule has 1 aliphatic rings. The topological polar surface area (TPSA) is 174 Å². The lowest BCUT2D eigenvalue weighted by Crippen LogP contribution is -2.56. The van der Waals surface area contributed by atoms with Gasteiger partial charge in [-0.05, 0) is 79.0 Å². The molecule has 0 aliphatic carbocycles. The first-order valence-electron chi connectivity index (χ1n) is 20.7. The highest BCUT2D eigenvalue weighted by Gasteiger charge is 2.50. The van der Waals surface area contributed by atoms with Gasteiger partial charge in [0.25, 0.3) is 0 Å². The van der Waals surface area contributed by atoms with Gasteiger partial charge in [0.2, 0.25) is 0 Å². The number of thioether (sulfide) groups is 1. The minimum atomic E-state index is -2.15. The Hall–Kier alpha value is -3.08. The maximum absolute atomic E-state index is 13.4.